The van der Waals surface area contributed by atoms with E-state index in [1.54, 1.807) is 0 Å². The van der Waals surface area contributed by atoms with Gasteiger partial charge in [0.15, 0.2) is 0 Å². The van der Waals surface area contributed by atoms with Gasteiger partial charge in [-0.1, -0.05) is 13.8 Å². The van der Waals surface area contributed by atoms with Gasteiger partial charge in [0.2, 0.25) is 0 Å². The molecule has 1 rings (SSSR count). The summed E-state index contributed by atoms with van der Waals surface area (Å²) in [6.07, 6.45) is 0.794. The van der Waals surface area contributed by atoms with E-state index in [4.69, 9.17) is 10.6 Å². The maximum absolute atomic E-state index is 10.8. The fourth-order valence-electron chi connectivity index (χ4n) is 1.50. The predicted octanol–water partition coefficient (Wildman–Crippen LogP) is 1.75. The molecule has 0 saturated heterocycles. The molecule has 0 fully saturated rings. The summed E-state index contributed by atoms with van der Waals surface area (Å²) in [5.74, 6) is 6.40. The lowest BCUT2D eigenvalue weighted by Crippen LogP contribution is -2.12. The van der Waals surface area contributed by atoms with E-state index in [0.717, 1.165) is 13.0 Å². The van der Waals surface area contributed by atoms with Crippen molar-refractivity contribution in [2.24, 2.45) is 11.8 Å². The number of nitrogen functional groups attached to an aromatic ring is 1. The molecule has 0 aromatic carbocycles. The van der Waals surface area contributed by atoms with Crippen molar-refractivity contribution in [3.05, 3.63) is 22.2 Å². The van der Waals surface area contributed by atoms with Gasteiger partial charge in [-0.25, -0.2) is 10.8 Å². The van der Waals surface area contributed by atoms with Crippen LogP contribution in [0.1, 0.15) is 20.3 Å². The van der Waals surface area contributed by atoms with Crippen molar-refractivity contribution in [2.45, 2.75) is 20.3 Å². The van der Waals surface area contributed by atoms with Crippen LogP contribution in [0.2, 0.25) is 0 Å². The third-order valence-corrected chi connectivity index (χ3v) is 2.39. The molecule has 20 heavy (non-hydrogen) atoms. The minimum atomic E-state index is -0.487. The number of nitrogens with zero attached hydrogens (tertiary/aromatic N) is 2. The highest BCUT2D eigenvalue weighted by Gasteiger charge is 2.10. The molecular formula is C12H21N5O3. The zero-order valence-corrected chi connectivity index (χ0v) is 11.8. The number of rotatable bonds is 9. The summed E-state index contributed by atoms with van der Waals surface area (Å²) < 4.78 is 5.44. The molecule has 0 saturated carbocycles. The van der Waals surface area contributed by atoms with Crippen LogP contribution in [0.15, 0.2) is 12.1 Å². The normalized spacial score (nSPS) is 10.6. The van der Waals surface area contributed by atoms with Crippen LogP contribution in [0.5, 0.6) is 0 Å². The van der Waals surface area contributed by atoms with Crippen molar-refractivity contribution in [3.63, 3.8) is 0 Å². The second-order valence-electron chi connectivity index (χ2n) is 4.75. The summed E-state index contributed by atoms with van der Waals surface area (Å²) in [5.41, 5.74) is 2.24. The van der Waals surface area contributed by atoms with E-state index in [-0.39, 0.29) is 11.5 Å². The molecule has 0 bridgehead atoms. The summed E-state index contributed by atoms with van der Waals surface area (Å²) in [4.78, 5) is 14.4. The van der Waals surface area contributed by atoms with Crippen LogP contribution in [-0.2, 0) is 4.74 Å². The quantitative estimate of drug-likeness (QED) is 0.273. The molecule has 4 N–H and O–H groups in total. The Bertz CT molecular complexity index is 439. The average Bonchev–Trinajstić information content (AvgIpc) is 2.41. The third kappa shape index (κ3) is 5.81. The lowest BCUT2D eigenvalue weighted by atomic mass is 10.2. The number of hydrazine groups is 1. The third-order valence-electron chi connectivity index (χ3n) is 2.39. The van der Waals surface area contributed by atoms with E-state index in [0.29, 0.717) is 24.9 Å². The summed E-state index contributed by atoms with van der Waals surface area (Å²) in [6.45, 7) is 6.17. The zero-order chi connectivity index (χ0) is 15.0. The summed E-state index contributed by atoms with van der Waals surface area (Å²) in [5, 5.41) is 13.8. The molecule has 1 aromatic heterocycles. The minimum Gasteiger partial charge on any atom is -0.381 e. The van der Waals surface area contributed by atoms with Crippen molar-refractivity contribution < 1.29 is 9.66 Å². The van der Waals surface area contributed by atoms with Crippen LogP contribution in [0, 0.1) is 16.0 Å². The van der Waals surface area contributed by atoms with Crippen molar-refractivity contribution in [2.75, 3.05) is 30.5 Å². The molecule has 0 aliphatic carbocycles. The van der Waals surface area contributed by atoms with Crippen LogP contribution in [0.4, 0.5) is 17.3 Å². The number of hydrogen-bond acceptors (Lipinski definition) is 7. The van der Waals surface area contributed by atoms with Crippen molar-refractivity contribution in [3.8, 4) is 0 Å². The highest BCUT2D eigenvalue weighted by atomic mass is 16.6. The lowest BCUT2D eigenvalue weighted by molar-refractivity contribution is -0.384. The Hall–Kier alpha value is -1.93. The number of nitro groups is 1. The second-order valence-corrected chi connectivity index (χ2v) is 4.75. The van der Waals surface area contributed by atoms with E-state index >= 15 is 0 Å². The number of hydrogen-bond donors (Lipinski definition) is 3. The Kier molecular flexibility index (Phi) is 6.68. The Morgan fingerprint density at radius 1 is 1.45 bits per heavy atom. The molecule has 8 nitrogen and oxygen atoms in total. The molecule has 1 aromatic rings. The Morgan fingerprint density at radius 3 is 2.75 bits per heavy atom. The van der Waals surface area contributed by atoms with Crippen LogP contribution in [0.25, 0.3) is 0 Å². The van der Waals surface area contributed by atoms with E-state index < -0.39 is 4.92 Å². The molecule has 0 aliphatic rings. The Morgan fingerprint density at radius 2 is 2.15 bits per heavy atom. The first-order valence-corrected chi connectivity index (χ1v) is 6.47. The van der Waals surface area contributed by atoms with Crippen molar-refractivity contribution >= 4 is 17.3 Å². The second kappa shape index (κ2) is 8.28. The number of nitrogens with one attached hydrogen (secondary N) is 2. The minimum absolute atomic E-state index is 0.0634. The Balaban J connectivity index is 2.43. The lowest BCUT2D eigenvalue weighted by Gasteiger charge is -2.09. The molecule has 1 heterocycles. The standard InChI is InChI=1S/C12H21N5O3/c1-9(2)8-20-5-3-4-14-11-6-10(17(18)19)7-12(15-11)16-13/h6-7,9H,3-5,8,13H2,1-2H3,(H2,14,15,16). The molecule has 8 heteroatoms. The largest absolute Gasteiger partial charge is 0.381 e. The van der Waals surface area contributed by atoms with E-state index in [1.807, 2.05) is 0 Å². The zero-order valence-electron chi connectivity index (χ0n) is 11.8. The summed E-state index contributed by atoms with van der Waals surface area (Å²) in [6, 6.07) is 2.65. The molecule has 112 valence electrons. The van der Waals surface area contributed by atoms with E-state index in [9.17, 15) is 10.1 Å². The van der Waals surface area contributed by atoms with Crippen molar-refractivity contribution in [1.82, 2.24) is 4.98 Å². The highest BCUT2D eigenvalue weighted by molar-refractivity contribution is 5.54. The fraction of sp³-hybridized carbons (Fsp3) is 0.583. The van der Waals surface area contributed by atoms with Gasteiger partial charge in [-0.2, -0.15) is 0 Å². The van der Waals surface area contributed by atoms with Gasteiger partial charge in [0.05, 0.1) is 17.1 Å². The topological polar surface area (TPSA) is 115 Å². The molecular weight excluding hydrogens is 262 g/mol. The van der Waals surface area contributed by atoms with Gasteiger partial charge in [-0.15, -0.1) is 0 Å². The van der Waals surface area contributed by atoms with Crippen LogP contribution in [-0.4, -0.2) is 29.7 Å². The monoisotopic (exact) mass is 283 g/mol. The van der Waals surface area contributed by atoms with Gasteiger partial charge in [-0.3, -0.25) is 10.1 Å². The first-order valence-electron chi connectivity index (χ1n) is 6.47. The number of nitrogens with two attached hydrogens (primary N) is 1. The molecule has 0 unspecified atom stereocenters. The van der Waals surface area contributed by atoms with Gasteiger partial charge in [0.1, 0.15) is 11.6 Å². The average molecular weight is 283 g/mol. The molecule has 0 amide bonds. The van der Waals surface area contributed by atoms with Crippen LogP contribution < -0.4 is 16.6 Å². The molecule has 0 aliphatic heterocycles. The number of anilines is 2. The first-order chi connectivity index (χ1) is 9.52. The van der Waals surface area contributed by atoms with E-state index in [2.05, 4.69) is 29.6 Å². The van der Waals surface area contributed by atoms with Gasteiger partial charge in [-0.05, 0) is 12.3 Å². The Labute approximate surface area is 117 Å². The van der Waals surface area contributed by atoms with Crippen molar-refractivity contribution in [1.29, 1.82) is 0 Å². The highest BCUT2D eigenvalue weighted by Crippen LogP contribution is 2.19. The van der Waals surface area contributed by atoms with Crippen LogP contribution >= 0.6 is 0 Å². The van der Waals surface area contributed by atoms with Gasteiger partial charge < -0.3 is 15.5 Å². The SMILES string of the molecule is CC(C)COCCCNc1cc([N+](=O)[O-])cc(NN)n1. The predicted molar refractivity (Wildman–Crippen MR) is 77.5 cm³/mol. The molecule has 0 radical (unpaired) electrons. The van der Waals surface area contributed by atoms with E-state index in [1.165, 1.54) is 12.1 Å². The number of aromatic nitrogens is 1. The number of ether oxygens (including phenoxy) is 1. The molecule has 0 spiro atoms. The van der Waals surface area contributed by atoms with Gasteiger partial charge in [0.25, 0.3) is 5.69 Å². The number of pyridine rings is 1. The fourth-order valence-corrected chi connectivity index (χ4v) is 1.50. The molecule has 0 atom stereocenters. The van der Waals surface area contributed by atoms with Gasteiger partial charge >= 0.3 is 0 Å². The maximum Gasteiger partial charge on any atom is 0.276 e. The smallest absolute Gasteiger partial charge is 0.276 e. The van der Waals surface area contributed by atoms with Crippen LogP contribution in [0.3, 0.4) is 0 Å². The first kappa shape index (κ1) is 16.1. The summed E-state index contributed by atoms with van der Waals surface area (Å²) >= 11 is 0. The summed E-state index contributed by atoms with van der Waals surface area (Å²) in [7, 11) is 0. The van der Waals surface area contributed by atoms with Gasteiger partial charge in [0, 0.05) is 19.8 Å². The maximum atomic E-state index is 10.8.